The van der Waals surface area contributed by atoms with Gasteiger partial charge in [0.1, 0.15) is 13.2 Å². The summed E-state index contributed by atoms with van der Waals surface area (Å²) in [5.74, 6) is -5.43. The fourth-order valence-corrected chi connectivity index (χ4v) is 13.8. The number of carbonyl (C=O) groups excluding carboxylic acids is 8. The van der Waals surface area contributed by atoms with Gasteiger partial charge in [0, 0.05) is 81.0 Å². The highest BCUT2D eigenvalue weighted by molar-refractivity contribution is 14.1. The quantitative estimate of drug-likeness (QED) is 0.0900. The van der Waals surface area contributed by atoms with Crippen LogP contribution in [0.3, 0.4) is 0 Å². The van der Waals surface area contributed by atoms with Crippen molar-refractivity contribution in [2.45, 2.75) is 66.0 Å². The number of hydrogen-bond donors (Lipinski definition) is 2. The Morgan fingerprint density at radius 1 is 0.450 bits per heavy atom. The molecule has 2 aromatic carbocycles. The molecule has 0 aliphatic carbocycles. The molecule has 0 bridgehead atoms. The first-order valence-electron chi connectivity index (χ1n) is 17.1. The summed E-state index contributed by atoms with van der Waals surface area (Å²) in [5, 5.41) is 0. The molecule has 4 atom stereocenters. The lowest BCUT2D eigenvalue weighted by molar-refractivity contribution is -0.173. The fraction of sp³-hybridized carbons (Fsp3) is 0.444. The number of hydrogen-bond acceptors (Lipinski definition) is 16. The van der Waals surface area contributed by atoms with Gasteiger partial charge in [0.05, 0.1) is 42.7 Å². The molecule has 0 fully saturated rings. The zero-order valence-electron chi connectivity index (χ0n) is 33.2. The molecule has 4 unspecified atom stereocenters. The molecule has 4 N–H and O–H groups in total. The highest BCUT2D eigenvalue weighted by atomic mass is 127. The van der Waals surface area contributed by atoms with Gasteiger partial charge in [0.25, 0.3) is 11.8 Å². The van der Waals surface area contributed by atoms with E-state index in [0.29, 0.717) is 32.5 Å². The lowest BCUT2D eigenvalue weighted by atomic mass is 9.98. The van der Waals surface area contributed by atoms with Crippen LogP contribution in [0.15, 0.2) is 0 Å². The molecule has 2 rings (SSSR count). The standard InChI is InChI=1S/C36H40I6N4O14/c1-13(47)55-11-21(59-17(5)51)19(57-15(3)49)9-45(7)35(53)25-27(37)23(29(39)33(43)31(25)41)24-28(38)26(32(42)34(44)30(24)40)36(54)46(8)10-20(58-16(4)50)22(60-18(6)52)12-56-14(2)48/h19-22H,9-12,43-44H2,1-8H3. The Morgan fingerprint density at radius 3 is 0.967 bits per heavy atom. The van der Waals surface area contributed by atoms with Gasteiger partial charge in [-0.2, -0.15) is 0 Å². The smallest absolute Gasteiger partial charge is 0.303 e. The van der Waals surface area contributed by atoms with Crippen LogP contribution >= 0.6 is 136 Å². The summed E-state index contributed by atoms with van der Waals surface area (Å²) in [6, 6.07) is 0. The topological polar surface area (TPSA) is 250 Å². The summed E-state index contributed by atoms with van der Waals surface area (Å²) in [4.78, 5) is 103. The molecular formula is C36H40I6N4O14. The largest absolute Gasteiger partial charge is 0.462 e. The molecule has 0 aromatic heterocycles. The monoisotopic (exact) mass is 1510 g/mol. The van der Waals surface area contributed by atoms with E-state index < -0.39 is 85.3 Å². The summed E-state index contributed by atoms with van der Waals surface area (Å²) in [7, 11) is 2.89. The molecule has 24 heteroatoms. The maximum atomic E-state index is 14.4. The summed E-state index contributed by atoms with van der Waals surface area (Å²) in [5.41, 5.74) is 15.2. The van der Waals surface area contributed by atoms with Crippen molar-refractivity contribution in [3.63, 3.8) is 0 Å². The first kappa shape index (κ1) is 54.3. The molecule has 0 aliphatic heterocycles. The number of likely N-dealkylation sites (N-methyl/N-ethyl adjacent to an activating group) is 2. The van der Waals surface area contributed by atoms with Crippen LogP contribution in [0, 0.1) is 21.4 Å². The van der Waals surface area contributed by atoms with Crippen LogP contribution in [0.2, 0.25) is 0 Å². The molecule has 18 nitrogen and oxygen atoms in total. The van der Waals surface area contributed by atoms with Gasteiger partial charge in [0.2, 0.25) is 0 Å². The number of nitrogens with two attached hydrogens (primary N) is 2. The molecule has 2 amide bonds. The van der Waals surface area contributed by atoms with E-state index in [1.807, 2.05) is 90.4 Å². The van der Waals surface area contributed by atoms with E-state index in [0.717, 1.165) is 41.5 Å². The summed E-state index contributed by atoms with van der Waals surface area (Å²) in [6.07, 6.45) is -4.99. The summed E-state index contributed by atoms with van der Waals surface area (Å²) >= 11 is 12.1. The van der Waals surface area contributed by atoms with E-state index >= 15 is 0 Å². The van der Waals surface area contributed by atoms with Gasteiger partial charge in [-0.3, -0.25) is 38.4 Å². The number of anilines is 2. The molecule has 0 aliphatic rings. The van der Waals surface area contributed by atoms with Gasteiger partial charge in [-0.25, -0.2) is 0 Å². The zero-order valence-corrected chi connectivity index (χ0v) is 46.1. The number of esters is 6. The fourth-order valence-electron chi connectivity index (χ4n) is 5.42. The van der Waals surface area contributed by atoms with Gasteiger partial charge in [0.15, 0.2) is 24.4 Å². The second-order valence-corrected chi connectivity index (χ2v) is 19.3. The van der Waals surface area contributed by atoms with Crippen LogP contribution in [-0.4, -0.2) is 122 Å². The third kappa shape index (κ3) is 14.6. The number of nitrogen functional groups attached to an aromatic ring is 2. The van der Waals surface area contributed by atoms with E-state index in [4.69, 9.17) is 39.9 Å². The van der Waals surface area contributed by atoms with Crippen molar-refractivity contribution in [2.24, 2.45) is 0 Å². The summed E-state index contributed by atoms with van der Waals surface area (Å²) in [6.45, 7) is 5.37. The number of carbonyl (C=O) groups is 8. The van der Waals surface area contributed by atoms with Gasteiger partial charge < -0.3 is 49.7 Å². The van der Waals surface area contributed by atoms with Crippen molar-refractivity contribution < 1.29 is 66.8 Å². The van der Waals surface area contributed by atoms with Crippen LogP contribution in [0.4, 0.5) is 11.4 Å². The van der Waals surface area contributed by atoms with Crippen molar-refractivity contribution in [3.8, 4) is 11.1 Å². The molecule has 0 spiro atoms. The minimum atomic E-state index is -1.25. The van der Waals surface area contributed by atoms with Crippen LogP contribution in [0.1, 0.15) is 62.3 Å². The SMILES string of the molecule is CC(=O)OCC(OC(C)=O)C(CN(C)C(=O)c1c(I)c(N)c(I)c(-c2c(I)c(N)c(I)c(C(=O)N(C)CC(OC(C)=O)C(COC(C)=O)OC(C)=O)c2I)c1I)OC(C)=O. The first-order chi connectivity index (χ1) is 27.7. The van der Waals surface area contributed by atoms with E-state index in [1.165, 1.54) is 23.9 Å². The Balaban J connectivity index is 2.79. The number of benzene rings is 2. The maximum absolute atomic E-state index is 14.4. The Kier molecular flexibility index (Phi) is 22.0. The molecule has 0 saturated heterocycles. The number of nitrogens with zero attached hydrogens (tertiary/aromatic N) is 2. The zero-order chi connectivity index (χ0) is 46.1. The van der Waals surface area contributed by atoms with Crippen LogP contribution < -0.4 is 11.5 Å². The second kappa shape index (κ2) is 24.3. The van der Waals surface area contributed by atoms with Gasteiger partial charge in [-0.15, -0.1) is 0 Å². The van der Waals surface area contributed by atoms with Crippen molar-refractivity contribution >= 4 is 195 Å². The molecule has 0 radical (unpaired) electrons. The number of ether oxygens (including phenoxy) is 6. The average Bonchev–Trinajstić information content (AvgIpc) is 3.13. The predicted octanol–water partition coefficient (Wildman–Crippen LogP) is 5.14. The number of amides is 2. The summed E-state index contributed by atoms with van der Waals surface area (Å²) < 4.78 is 34.4. The minimum absolute atomic E-state index is 0.166. The Labute approximate surface area is 427 Å². The van der Waals surface area contributed by atoms with Gasteiger partial charge in [-0.1, -0.05) is 0 Å². The van der Waals surface area contributed by atoms with Crippen molar-refractivity contribution in [1.82, 2.24) is 9.80 Å². The van der Waals surface area contributed by atoms with E-state index in [9.17, 15) is 38.4 Å². The first-order valence-corrected chi connectivity index (χ1v) is 23.6. The normalized spacial score (nSPS) is 12.8. The second-order valence-electron chi connectivity index (χ2n) is 12.8. The van der Waals surface area contributed by atoms with E-state index in [2.05, 4.69) is 45.2 Å². The third-order valence-electron chi connectivity index (χ3n) is 7.98. The lowest BCUT2D eigenvalue weighted by Gasteiger charge is -2.31. The van der Waals surface area contributed by atoms with Crippen molar-refractivity contribution in [2.75, 3.05) is 51.9 Å². The molecule has 330 valence electrons. The van der Waals surface area contributed by atoms with Gasteiger partial charge in [-0.05, 0) is 136 Å². The molecule has 0 saturated carbocycles. The molecular weight excluding hydrogens is 1470 g/mol. The number of halogens is 6. The maximum Gasteiger partial charge on any atom is 0.303 e. The number of rotatable bonds is 17. The van der Waals surface area contributed by atoms with Crippen LogP contribution in [0.5, 0.6) is 0 Å². The highest BCUT2D eigenvalue weighted by Crippen LogP contribution is 2.46. The Morgan fingerprint density at radius 2 is 0.717 bits per heavy atom. The van der Waals surface area contributed by atoms with Crippen LogP contribution in [0.25, 0.3) is 11.1 Å². The molecule has 0 heterocycles. The Bertz CT molecular complexity index is 1930. The van der Waals surface area contributed by atoms with Gasteiger partial charge >= 0.3 is 35.8 Å². The van der Waals surface area contributed by atoms with Crippen molar-refractivity contribution in [3.05, 3.63) is 32.5 Å². The third-order valence-corrected chi connectivity index (χ3v) is 14.6. The van der Waals surface area contributed by atoms with Crippen LogP contribution in [-0.2, 0) is 57.2 Å². The highest BCUT2D eigenvalue weighted by Gasteiger charge is 2.36. The molecule has 60 heavy (non-hydrogen) atoms. The lowest BCUT2D eigenvalue weighted by Crippen LogP contribution is -2.46. The Hall–Kier alpha value is -1.82. The molecule has 2 aromatic rings. The van der Waals surface area contributed by atoms with Crippen molar-refractivity contribution in [1.29, 1.82) is 0 Å². The predicted molar refractivity (Wildman–Crippen MR) is 266 cm³/mol. The average molecular weight is 1510 g/mol. The minimum Gasteiger partial charge on any atom is -0.462 e. The van der Waals surface area contributed by atoms with E-state index in [1.54, 1.807) is 0 Å². The van der Waals surface area contributed by atoms with E-state index in [-0.39, 0.29) is 35.6 Å².